The molecule has 0 N–H and O–H groups in total. The van der Waals surface area contributed by atoms with E-state index in [-0.39, 0.29) is 11.9 Å². The zero-order valence-electron chi connectivity index (χ0n) is 11.3. The summed E-state index contributed by atoms with van der Waals surface area (Å²) in [6, 6.07) is 10.3. The molecule has 1 aromatic carbocycles. The van der Waals surface area contributed by atoms with Crippen LogP contribution in [-0.4, -0.2) is 17.9 Å². The van der Waals surface area contributed by atoms with E-state index in [9.17, 15) is 10.0 Å². The molecule has 4 nitrogen and oxygen atoms in total. The van der Waals surface area contributed by atoms with E-state index in [0.717, 1.165) is 5.56 Å². The van der Waals surface area contributed by atoms with Crippen molar-refractivity contribution in [2.45, 2.75) is 13.0 Å². The molecule has 1 atom stereocenters. The fraction of sp³-hybridized carbons (Fsp3) is 0.200. The lowest BCUT2D eigenvalue weighted by molar-refractivity contribution is -0.605. The summed E-state index contributed by atoms with van der Waals surface area (Å²) in [5.74, 6) is -0.131. The molecule has 2 aromatic rings. The molecule has 1 unspecified atom stereocenters. The van der Waals surface area contributed by atoms with Crippen LogP contribution in [0, 0.1) is 5.21 Å². The first-order valence-electron chi connectivity index (χ1n) is 6.20. The molecule has 0 radical (unpaired) electrons. The molecule has 0 aliphatic heterocycles. The number of aromatic nitrogens is 1. The molecule has 2 rings (SSSR count). The number of carbonyl (C=O) groups excluding carboxylic acids is 1. The minimum Gasteiger partial charge on any atom is -0.619 e. The first kappa shape index (κ1) is 14.3. The van der Waals surface area contributed by atoms with Crippen LogP contribution in [0.15, 0.2) is 48.8 Å². The van der Waals surface area contributed by atoms with Crippen LogP contribution in [0.3, 0.4) is 0 Å². The maximum Gasteiger partial charge on any atom is 0.254 e. The number of halogens is 1. The highest BCUT2D eigenvalue weighted by molar-refractivity contribution is 6.30. The summed E-state index contributed by atoms with van der Waals surface area (Å²) in [6.45, 7) is 1.94. The highest BCUT2D eigenvalue weighted by atomic mass is 35.5. The first-order valence-corrected chi connectivity index (χ1v) is 6.58. The van der Waals surface area contributed by atoms with E-state index in [1.165, 1.54) is 24.5 Å². The number of hydrogen-bond donors (Lipinski definition) is 0. The summed E-state index contributed by atoms with van der Waals surface area (Å²) in [4.78, 5) is 14.0. The third-order valence-electron chi connectivity index (χ3n) is 3.30. The lowest BCUT2D eigenvalue weighted by Gasteiger charge is -2.25. The van der Waals surface area contributed by atoms with E-state index in [2.05, 4.69) is 0 Å². The number of hydrogen-bond acceptors (Lipinski definition) is 2. The van der Waals surface area contributed by atoms with Gasteiger partial charge in [0, 0.05) is 24.2 Å². The van der Waals surface area contributed by atoms with Gasteiger partial charge >= 0.3 is 0 Å². The molecular weight excluding hydrogens is 276 g/mol. The Balaban J connectivity index is 2.17. The van der Waals surface area contributed by atoms with Gasteiger partial charge in [0.25, 0.3) is 5.91 Å². The predicted molar refractivity (Wildman–Crippen MR) is 77.4 cm³/mol. The second-order valence-corrected chi connectivity index (χ2v) is 5.03. The van der Waals surface area contributed by atoms with Crippen LogP contribution in [-0.2, 0) is 0 Å². The molecule has 0 fully saturated rings. The molecule has 104 valence electrons. The van der Waals surface area contributed by atoms with Gasteiger partial charge < -0.3 is 10.1 Å². The molecule has 0 saturated heterocycles. The van der Waals surface area contributed by atoms with E-state index in [1.54, 1.807) is 24.1 Å². The Kier molecular flexibility index (Phi) is 4.25. The van der Waals surface area contributed by atoms with Gasteiger partial charge in [-0.05, 0) is 24.6 Å². The summed E-state index contributed by atoms with van der Waals surface area (Å²) in [6.07, 6.45) is 2.63. The van der Waals surface area contributed by atoms with E-state index >= 15 is 0 Å². The van der Waals surface area contributed by atoms with Gasteiger partial charge in [-0.15, -0.1) is 0 Å². The van der Waals surface area contributed by atoms with E-state index in [1.807, 2.05) is 19.1 Å². The quantitative estimate of drug-likeness (QED) is 0.644. The number of nitrogens with zero attached hydrogens (tertiary/aromatic N) is 2. The third-order valence-corrected chi connectivity index (χ3v) is 3.55. The zero-order chi connectivity index (χ0) is 14.7. The Bertz CT molecular complexity index is 596. The van der Waals surface area contributed by atoms with Crippen LogP contribution >= 0.6 is 11.6 Å². The first-order chi connectivity index (χ1) is 9.49. The van der Waals surface area contributed by atoms with E-state index < -0.39 is 0 Å². The SMILES string of the molecule is CC(c1ccc(Cl)cc1)N(C)C(=O)c1cc[n+]([O-])cc1. The molecule has 20 heavy (non-hydrogen) atoms. The number of pyridine rings is 1. The van der Waals surface area contributed by atoms with E-state index in [0.29, 0.717) is 15.3 Å². The lowest BCUT2D eigenvalue weighted by Crippen LogP contribution is -2.31. The van der Waals surface area contributed by atoms with Crippen LogP contribution in [0.5, 0.6) is 0 Å². The molecular formula is C15H15ClN2O2. The van der Waals surface area contributed by atoms with Crippen molar-refractivity contribution in [3.63, 3.8) is 0 Å². The summed E-state index contributed by atoms with van der Waals surface area (Å²) < 4.78 is 0.652. The highest BCUT2D eigenvalue weighted by Gasteiger charge is 2.19. The van der Waals surface area contributed by atoms with Crippen molar-refractivity contribution in [1.29, 1.82) is 0 Å². The standard InChI is InChI=1S/C15H15ClN2O2/c1-11(12-3-5-14(16)6-4-12)17(2)15(19)13-7-9-18(20)10-8-13/h3-11H,1-2H3. The van der Waals surface area contributed by atoms with Gasteiger partial charge in [0.05, 0.1) is 11.6 Å². The van der Waals surface area contributed by atoms with Crippen molar-refractivity contribution in [2.75, 3.05) is 7.05 Å². The summed E-state index contributed by atoms with van der Waals surface area (Å²) in [7, 11) is 1.74. The minimum atomic E-state index is -0.131. The van der Waals surface area contributed by atoms with Gasteiger partial charge in [-0.2, -0.15) is 4.73 Å². The Hall–Kier alpha value is -2.07. The monoisotopic (exact) mass is 290 g/mol. The predicted octanol–water partition coefficient (Wildman–Crippen LogP) is 2.81. The molecule has 1 heterocycles. The lowest BCUT2D eigenvalue weighted by atomic mass is 10.1. The minimum absolute atomic E-state index is 0.0839. The summed E-state index contributed by atoms with van der Waals surface area (Å²) in [5, 5.41) is 11.6. The van der Waals surface area contributed by atoms with Crippen LogP contribution in [0.25, 0.3) is 0 Å². The maximum absolute atomic E-state index is 12.3. The molecule has 0 aliphatic carbocycles. The topological polar surface area (TPSA) is 47.2 Å². The highest BCUT2D eigenvalue weighted by Crippen LogP contribution is 2.22. The average molecular weight is 291 g/mol. The molecule has 0 saturated carbocycles. The number of carbonyl (C=O) groups is 1. The Morgan fingerprint density at radius 1 is 1.20 bits per heavy atom. The van der Waals surface area contributed by atoms with Gasteiger partial charge in [0.1, 0.15) is 0 Å². The number of amides is 1. The van der Waals surface area contributed by atoms with Gasteiger partial charge in [-0.25, -0.2) is 0 Å². The van der Waals surface area contributed by atoms with Crippen LogP contribution in [0.2, 0.25) is 5.02 Å². The zero-order valence-corrected chi connectivity index (χ0v) is 12.0. The second-order valence-electron chi connectivity index (χ2n) is 4.59. The largest absolute Gasteiger partial charge is 0.619 e. The van der Waals surface area contributed by atoms with Gasteiger partial charge in [-0.3, -0.25) is 4.79 Å². The van der Waals surface area contributed by atoms with Crippen LogP contribution < -0.4 is 4.73 Å². The Morgan fingerprint density at radius 3 is 2.30 bits per heavy atom. The number of benzene rings is 1. The maximum atomic E-state index is 12.3. The van der Waals surface area contributed by atoms with E-state index in [4.69, 9.17) is 11.6 Å². The Labute approximate surface area is 122 Å². The van der Waals surface area contributed by atoms with Crippen molar-refractivity contribution in [1.82, 2.24) is 4.90 Å². The number of rotatable bonds is 3. The van der Waals surface area contributed by atoms with Crippen molar-refractivity contribution >= 4 is 17.5 Å². The van der Waals surface area contributed by atoms with Crippen molar-refractivity contribution in [2.24, 2.45) is 0 Å². The third kappa shape index (κ3) is 3.08. The molecule has 1 amide bonds. The summed E-state index contributed by atoms with van der Waals surface area (Å²) >= 11 is 5.86. The van der Waals surface area contributed by atoms with Gasteiger partial charge in [0.15, 0.2) is 12.4 Å². The van der Waals surface area contributed by atoms with Gasteiger partial charge in [0.2, 0.25) is 0 Å². The fourth-order valence-corrected chi connectivity index (χ4v) is 2.03. The van der Waals surface area contributed by atoms with Crippen LogP contribution in [0.4, 0.5) is 0 Å². The van der Waals surface area contributed by atoms with Crippen LogP contribution in [0.1, 0.15) is 28.9 Å². The smallest absolute Gasteiger partial charge is 0.254 e. The van der Waals surface area contributed by atoms with Crippen molar-refractivity contribution < 1.29 is 9.52 Å². The molecule has 5 heteroatoms. The average Bonchev–Trinajstić information content (AvgIpc) is 2.46. The van der Waals surface area contributed by atoms with Crippen molar-refractivity contribution in [3.8, 4) is 0 Å². The molecule has 0 aliphatic rings. The second kappa shape index (κ2) is 5.92. The molecule has 0 spiro atoms. The molecule has 0 bridgehead atoms. The normalized spacial score (nSPS) is 11.9. The molecule has 1 aromatic heterocycles. The Morgan fingerprint density at radius 2 is 1.75 bits per heavy atom. The fourth-order valence-electron chi connectivity index (χ4n) is 1.90. The van der Waals surface area contributed by atoms with Crippen molar-refractivity contribution in [3.05, 3.63) is 70.1 Å². The summed E-state index contributed by atoms with van der Waals surface area (Å²) in [5.41, 5.74) is 1.49. The van der Waals surface area contributed by atoms with Gasteiger partial charge in [-0.1, -0.05) is 23.7 Å².